The van der Waals surface area contributed by atoms with Crippen LogP contribution in [0, 0.1) is 11.8 Å². The molecule has 3 nitrogen and oxygen atoms in total. The summed E-state index contributed by atoms with van der Waals surface area (Å²) < 4.78 is 4.05. The maximum absolute atomic E-state index is 10.7. The molecule has 0 saturated heterocycles. The number of rotatable bonds is 1. The van der Waals surface area contributed by atoms with Crippen molar-refractivity contribution < 1.29 is 5.11 Å². The van der Waals surface area contributed by atoms with E-state index in [-0.39, 0.29) is 5.41 Å². The zero-order valence-corrected chi connectivity index (χ0v) is 10.8. The maximum Gasteiger partial charge on any atom is 0.109 e. The van der Waals surface area contributed by atoms with Crippen LogP contribution in [0.15, 0.2) is 0 Å². The molecule has 2 fully saturated rings. The summed E-state index contributed by atoms with van der Waals surface area (Å²) in [4.78, 5) is 1.04. The van der Waals surface area contributed by atoms with E-state index in [1.165, 1.54) is 30.8 Å². The van der Waals surface area contributed by atoms with E-state index in [2.05, 4.69) is 30.4 Å². The van der Waals surface area contributed by atoms with Crippen LogP contribution in [0.3, 0.4) is 0 Å². The number of hydrogen-bond acceptors (Lipinski definition) is 4. The van der Waals surface area contributed by atoms with Gasteiger partial charge in [0.25, 0.3) is 0 Å². The minimum absolute atomic E-state index is 0.0189. The van der Waals surface area contributed by atoms with Crippen LogP contribution in [-0.4, -0.2) is 14.7 Å². The van der Waals surface area contributed by atoms with Crippen molar-refractivity contribution in [2.75, 3.05) is 0 Å². The van der Waals surface area contributed by atoms with E-state index in [0.717, 1.165) is 10.6 Å². The molecule has 16 heavy (non-hydrogen) atoms. The molecule has 0 radical (unpaired) electrons. The lowest BCUT2D eigenvalue weighted by molar-refractivity contribution is 0.107. The van der Waals surface area contributed by atoms with Crippen molar-refractivity contribution in [3.63, 3.8) is 0 Å². The van der Waals surface area contributed by atoms with E-state index < -0.39 is 5.60 Å². The standard InChI is InChI=1S/C12H18N2OS/c1-11(2,3)9-10(16-14-13-9)12(15)7-5-4-6-8(7)12/h7-8,15H,4-6H2,1-3H3. The molecule has 2 saturated carbocycles. The van der Waals surface area contributed by atoms with E-state index in [4.69, 9.17) is 0 Å². The Hall–Kier alpha value is -0.480. The van der Waals surface area contributed by atoms with Gasteiger partial charge in [0, 0.05) is 5.41 Å². The fraction of sp³-hybridized carbons (Fsp3) is 0.833. The zero-order chi connectivity index (χ0) is 11.6. The Labute approximate surface area is 100 Å². The molecule has 1 N–H and O–H groups in total. The average Bonchev–Trinajstić information content (AvgIpc) is 2.75. The normalized spacial score (nSPS) is 37.5. The Morgan fingerprint density at radius 1 is 1.31 bits per heavy atom. The number of aliphatic hydroxyl groups is 1. The van der Waals surface area contributed by atoms with E-state index in [9.17, 15) is 5.11 Å². The Bertz CT molecular complexity index is 411. The van der Waals surface area contributed by atoms with E-state index in [1.54, 1.807) is 0 Å². The van der Waals surface area contributed by atoms with E-state index in [1.807, 2.05) is 0 Å². The predicted molar refractivity (Wildman–Crippen MR) is 63.3 cm³/mol. The molecule has 88 valence electrons. The molecule has 1 aromatic rings. The maximum atomic E-state index is 10.7. The molecule has 2 aliphatic carbocycles. The average molecular weight is 238 g/mol. The zero-order valence-electron chi connectivity index (χ0n) is 10.0. The summed E-state index contributed by atoms with van der Waals surface area (Å²) in [6.07, 6.45) is 3.61. The lowest BCUT2D eigenvalue weighted by atomic mass is 9.89. The van der Waals surface area contributed by atoms with E-state index in [0.29, 0.717) is 11.8 Å². The Balaban J connectivity index is 2.00. The smallest absolute Gasteiger partial charge is 0.109 e. The molecule has 1 heterocycles. The SMILES string of the molecule is CC(C)(C)c1nnsc1C1(O)C2CCCC21. The van der Waals surface area contributed by atoms with Gasteiger partial charge >= 0.3 is 0 Å². The number of nitrogens with zero attached hydrogens (tertiary/aromatic N) is 2. The Morgan fingerprint density at radius 3 is 2.50 bits per heavy atom. The van der Waals surface area contributed by atoms with Crippen LogP contribution in [0.4, 0.5) is 0 Å². The molecule has 4 heteroatoms. The third-order valence-corrected chi connectivity index (χ3v) is 4.97. The fourth-order valence-corrected chi connectivity index (χ4v) is 4.29. The quantitative estimate of drug-likeness (QED) is 0.817. The Morgan fingerprint density at radius 2 is 1.94 bits per heavy atom. The van der Waals surface area contributed by atoms with Gasteiger partial charge in [-0.15, -0.1) is 5.10 Å². The third kappa shape index (κ3) is 1.23. The van der Waals surface area contributed by atoms with Crippen LogP contribution < -0.4 is 0 Å². The number of hydrogen-bond donors (Lipinski definition) is 1. The first-order valence-electron chi connectivity index (χ1n) is 6.01. The molecule has 0 amide bonds. The largest absolute Gasteiger partial charge is 0.384 e. The highest BCUT2D eigenvalue weighted by Crippen LogP contribution is 2.67. The first kappa shape index (κ1) is 10.7. The van der Waals surface area contributed by atoms with Crippen molar-refractivity contribution in [1.29, 1.82) is 0 Å². The lowest BCUT2D eigenvalue weighted by Gasteiger charge is -2.20. The summed E-state index contributed by atoms with van der Waals surface area (Å²) >= 11 is 1.39. The van der Waals surface area contributed by atoms with Crippen molar-refractivity contribution in [3.05, 3.63) is 10.6 Å². The van der Waals surface area contributed by atoms with Crippen LogP contribution in [0.5, 0.6) is 0 Å². The second-order valence-electron chi connectivity index (χ2n) is 6.17. The highest BCUT2D eigenvalue weighted by Gasteiger charge is 2.68. The summed E-state index contributed by atoms with van der Waals surface area (Å²) in [5.41, 5.74) is 0.402. The second kappa shape index (κ2) is 3.05. The van der Waals surface area contributed by atoms with Gasteiger partial charge in [-0.25, -0.2) is 0 Å². The van der Waals surface area contributed by atoms with Crippen LogP contribution in [0.25, 0.3) is 0 Å². The van der Waals surface area contributed by atoms with Gasteiger partial charge in [-0.2, -0.15) is 0 Å². The van der Waals surface area contributed by atoms with Crippen LogP contribution >= 0.6 is 11.5 Å². The Kier molecular flexibility index (Phi) is 2.03. The van der Waals surface area contributed by atoms with Crippen molar-refractivity contribution >= 4 is 11.5 Å². The summed E-state index contributed by atoms with van der Waals surface area (Å²) in [6, 6.07) is 0. The van der Waals surface area contributed by atoms with Gasteiger partial charge in [-0.1, -0.05) is 31.7 Å². The van der Waals surface area contributed by atoms with E-state index >= 15 is 0 Å². The monoisotopic (exact) mass is 238 g/mol. The van der Waals surface area contributed by atoms with Gasteiger partial charge in [0.15, 0.2) is 0 Å². The molecular weight excluding hydrogens is 220 g/mol. The van der Waals surface area contributed by atoms with Gasteiger partial charge in [0.2, 0.25) is 0 Å². The molecule has 2 atom stereocenters. The van der Waals surface area contributed by atoms with Gasteiger partial charge < -0.3 is 5.11 Å². The molecule has 2 aliphatic rings. The van der Waals surface area contributed by atoms with Crippen molar-refractivity contribution in [2.45, 2.75) is 51.0 Å². The number of fused-ring (bicyclic) bond motifs is 1. The van der Waals surface area contributed by atoms with Crippen LogP contribution in [0.2, 0.25) is 0 Å². The lowest BCUT2D eigenvalue weighted by Crippen LogP contribution is -2.21. The number of aromatic nitrogens is 2. The van der Waals surface area contributed by atoms with Gasteiger partial charge in [-0.3, -0.25) is 0 Å². The molecule has 0 aliphatic heterocycles. The molecule has 0 spiro atoms. The summed E-state index contributed by atoms with van der Waals surface area (Å²) in [5, 5.41) is 15.0. The highest BCUT2D eigenvalue weighted by molar-refractivity contribution is 7.05. The molecule has 0 bridgehead atoms. The van der Waals surface area contributed by atoms with Gasteiger partial charge in [0.05, 0.1) is 10.6 Å². The molecule has 3 rings (SSSR count). The first-order valence-corrected chi connectivity index (χ1v) is 6.78. The van der Waals surface area contributed by atoms with Crippen molar-refractivity contribution in [1.82, 2.24) is 9.59 Å². The van der Waals surface area contributed by atoms with Crippen LogP contribution in [-0.2, 0) is 11.0 Å². The van der Waals surface area contributed by atoms with Gasteiger partial charge in [-0.05, 0) is 36.2 Å². The second-order valence-corrected chi connectivity index (χ2v) is 6.92. The molecule has 1 aromatic heterocycles. The van der Waals surface area contributed by atoms with Gasteiger partial charge in [0.1, 0.15) is 5.60 Å². The minimum Gasteiger partial charge on any atom is -0.384 e. The molecule has 0 aromatic carbocycles. The third-order valence-electron chi connectivity index (χ3n) is 4.10. The predicted octanol–water partition coefficient (Wildman–Crippen LogP) is 2.45. The summed E-state index contributed by atoms with van der Waals surface area (Å²) in [6.45, 7) is 6.40. The first-order chi connectivity index (χ1) is 7.45. The van der Waals surface area contributed by atoms with Crippen molar-refractivity contribution in [2.24, 2.45) is 11.8 Å². The van der Waals surface area contributed by atoms with Crippen LogP contribution in [0.1, 0.15) is 50.6 Å². The highest BCUT2D eigenvalue weighted by atomic mass is 32.1. The topological polar surface area (TPSA) is 46.0 Å². The fourth-order valence-electron chi connectivity index (χ4n) is 3.20. The van der Waals surface area contributed by atoms with Crippen molar-refractivity contribution in [3.8, 4) is 0 Å². The summed E-state index contributed by atoms with van der Waals surface area (Å²) in [5.74, 6) is 0.965. The summed E-state index contributed by atoms with van der Waals surface area (Å²) in [7, 11) is 0. The molecule has 2 unspecified atom stereocenters. The molecular formula is C12H18N2OS. The minimum atomic E-state index is -0.574.